The molecule has 24 heavy (non-hydrogen) atoms. The van der Waals surface area contributed by atoms with Gasteiger partial charge in [-0.15, -0.1) is 0 Å². The SMILES string of the molecule is CC(C)(C)C1(c2cc(Cl)nc(S(C)(=O)=O)n2)[C@@H]2CN(C(=O)O)C[C@@H]21. The van der Waals surface area contributed by atoms with Gasteiger partial charge in [0.15, 0.2) is 0 Å². The van der Waals surface area contributed by atoms with Crippen molar-refractivity contribution in [2.45, 2.75) is 31.3 Å². The van der Waals surface area contributed by atoms with Crippen molar-refractivity contribution in [2.24, 2.45) is 17.3 Å². The number of carboxylic acid groups (broad SMARTS) is 1. The zero-order valence-electron chi connectivity index (χ0n) is 13.9. The topological polar surface area (TPSA) is 100 Å². The molecule has 3 atom stereocenters. The van der Waals surface area contributed by atoms with Crippen molar-refractivity contribution in [1.29, 1.82) is 0 Å². The zero-order valence-corrected chi connectivity index (χ0v) is 15.5. The van der Waals surface area contributed by atoms with Gasteiger partial charge in [0.1, 0.15) is 5.15 Å². The minimum atomic E-state index is -3.58. The van der Waals surface area contributed by atoms with Gasteiger partial charge < -0.3 is 10.0 Å². The minimum absolute atomic E-state index is 0.0871. The summed E-state index contributed by atoms with van der Waals surface area (Å²) in [5.41, 5.74) is -0.0277. The van der Waals surface area contributed by atoms with Gasteiger partial charge >= 0.3 is 6.09 Å². The average Bonchev–Trinajstić information content (AvgIpc) is 2.83. The van der Waals surface area contributed by atoms with E-state index in [1.165, 1.54) is 4.90 Å². The summed E-state index contributed by atoms with van der Waals surface area (Å²) >= 11 is 6.06. The highest BCUT2D eigenvalue weighted by Gasteiger charge is 2.74. The summed E-state index contributed by atoms with van der Waals surface area (Å²) in [4.78, 5) is 20.7. The number of likely N-dealkylation sites (tertiary alicyclic amines) is 1. The molecule has 1 aromatic rings. The van der Waals surface area contributed by atoms with E-state index in [2.05, 4.69) is 30.7 Å². The molecular weight excluding hydrogens is 354 g/mol. The summed E-state index contributed by atoms with van der Waals surface area (Å²) in [6.45, 7) is 7.03. The van der Waals surface area contributed by atoms with Crippen LogP contribution in [-0.4, -0.2) is 53.8 Å². The molecule has 0 radical (unpaired) electrons. The third-order valence-electron chi connectivity index (χ3n) is 5.32. The van der Waals surface area contributed by atoms with E-state index in [-0.39, 0.29) is 27.6 Å². The van der Waals surface area contributed by atoms with E-state index in [0.29, 0.717) is 18.8 Å². The number of aromatic nitrogens is 2. The van der Waals surface area contributed by atoms with Crippen molar-refractivity contribution in [3.63, 3.8) is 0 Å². The van der Waals surface area contributed by atoms with E-state index in [1.807, 2.05) is 0 Å². The van der Waals surface area contributed by atoms with Crippen molar-refractivity contribution in [1.82, 2.24) is 14.9 Å². The first-order chi connectivity index (χ1) is 10.9. The van der Waals surface area contributed by atoms with Crippen molar-refractivity contribution < 1.29 is 18.3 Å². The molecule has 1 aliphatic carbocycles. The highest BCUT2D eigenvalue weighted by Crippen LogP contribution is 2.70. The Bertz CT molecular complexity index is 806. The Morgan fingerprint density at radius 3 is 2.29 bits per heavy atom. The van der Waals surface area contributed by atoms with Crippen LogP contribution in [0, 0.1) is 17.3 Å². The lowest BCUT2D eigenvalue weighted by molar-refractivity contribution is 0.135. The highest BCUT2D eigenvalue weighted by atomic mass is 35.5. The molecule has 9 heteroatoms. The molecule has 1 aliphatic heterocycles. The van der Waals surface area contributed by atoms with Crippen LogP contribution in [0.15, 0.2) is 11.2 Å². The molecule has 2 fully saturated rings. The van der Waals surface area contributed by atoms with Gasteiger partial charge in [0.25, 0.3) is 0 Å². The molecule has 3 rings (SSSR count). The molecule has 0 aromatic carbocycles. The summed E-state index contributed by atoms with van der Waals surface area (Å²) in [5, 5.41) is 8.99. The summed E-state index contributed by atoms with van der Waals surface area (Å²) < 4.78 is 23.7. The Morgan fingerprint density at radius 1 is 1.33 bits per heavy atom. The third kappa shape index (κ3) is 2.38. The molecule has 0 spiro atoms. The molecule has 7 nitrogen and oxygen atoms in total. The van der Waals surface area contributed by atoms with Crippen molar-refractivity contribution >= 4 is 27.5 Å². The number of piperidine rings is 1. The van der Waals surface area contributed by atoms with Gasteiger partial charge in [0.05, 0.1) is 5.69 Å². The largest absolute Gasteiger partial charge is 0.465 e. The molecule has 0 bridgehead atoms. The van der Waals surface area contributed by atoms with Gasteiger partial charge in [-0.05, 0) is 23.3 Å². The van der Waals surface area contributed by atoms with Crippen LogP contribution in [0.25, 0.3) is 0 Å². The number of amides is 1. The molecule has 1 unspecified atom stereocenters. The molecule has 1 saturated carbocycles. The van der Waals surface area contributed by atoms with Crippen LogP contribution in [-0.2, 0) is 15.3 Å². The van der Waals surface area contributed by atoms with Gasteiger partial charge in [0.2, 0.25) is 15.0 Å². The smallest absolute Gasteiger partial charge is 0.407 e. The molecule has 1 saturated heterocycles. The van der Waals surface area contributed by atoms with Crippen molar-refractivity contribution in [2.75, 3.05) is 19.3 Å². The summed E-state index contributed by atoms with van der Waals surface area (Å²) in [7, 11) is -3.58. The normalized spacial score (nSPS) is 29.5. The summed E-state index contributed by atoms with van der Waals surface area (Å²) in [6.07, 6.45) is 0.120. The predicted molar refractivity (Wildman–Crippen MR) is 87.9 cm³/mol. The highest BCUT2D eigenvalue weighted by molar-refractivity contribution is 7.90. The van der Waals surface area contributed by atoms with Gasteiger partial charge in [-0.3, -0.25) is 0 Å². The fraction of sp³-hybridized carbons (Fsp3) is 0.667. The summed E-state index contributed by atoms with van der Waals surface area (Å²) in [5.74, 6) is 0.207. The first-order valence-electron chi connectivity index (χ1n) is 7.62. The maximum atomic E-state index is 11.9. The van der Waals surface area contributed by atoms with E-state index >= 15 is 0 Å². The second-order valence-electron chi connectivity index (χ2n) is 7.65. The van der Waals surface area contributed by atoms with Crippen LogP contribution < -0.4 is 0 Å². The maximum absolute atomic E-state index is 11.9. The van der Waals surface area contributed by atoms with E-state index in [0.717, 1.165) is 6.26 Å². The number of hydrogen-bond acceptors (Lipinski definition) is 5. The number of rotatable bonds is 2. The second-order valence-corrected chi connectivity index (χ2v) is 9.95. The van der Waals surface area contributed by atoms with Crippen LogP contribution >= 0.6 is 11.6 Å². The summed E-state index contributed by atoms with van der Waals surface area (Å²) in [6, 6.07) is 1.62. The lowest BCUT2D eigenvalue weighted by Gasteiger charge is -2.36. The first kappa shape index (κ1) is 17.4. The molecule has 1 aromatic heterocycles. The Morgan fingerprint density at radius 2 is 1.88 bits per heavy atom. The van der Waals surface area contributed by atoms with Gasteiger partial charge in [-0.25, -0.2) is 23.2 Å². The third-order valence-corrected chi connectivity index (χ3v) is 6.36. The van der Waals surface area contributed by atoms with Gasteiger partial charge in [0, 0.05) is 24.8 Å². The van der Waals surface area contributed by atoms with E-state index in [9.17, 15) is 18.3 Å². The number of halogens is 1. The van der Waals surface area contributed by atoms with Crippen LogP contribution in [0.1, 0.15) is 26.5 Å². The van der Waals surface area contributed by atoms with Gasteiger partial charge in [-0.2, -0.15) is 0 Å². The Kier molecular flexibility index (Phi) is 3.66. The number of hydrogen-bond donors (Lipinski definition) is 1. The van der Waals surface area contributed by atoms with E-state index in [1.54, 1.807) is 6.07 Å². The fourth-order valence-electron chi connectivity index (χ4n) is 4.44. The zero-order chi connectivity index (χ0) is 18.1. The Labute approximate surface area is 146 Å². The predicted octanol–water partition coefficient (Wildman–Crippen LogP) is 2.06. The molecule has 2 heterocycles. The quantitative estimate of drug-likeness (QED) is 0.629. The van der Waals surface area contributed by atoms with E-state index < -0.39 is 21.3 Å². The van der Waals surface area contributed by atoms with E-state index in [4.69, 9.17) is 11.6 Å². The minimum Gasteiger partial charge on any atom is -0.465 e. The first-order valence-corrected chi connectivity index (χ1v) is 9.89. The lowest BCUT2D eigenvalue weighted by Crippen LogP contribution is -2.40. The molecule has 1 amide bonds. The second kappa shape index (κ2) is 5.05. The number of sulfone groups is 1. The molecular formula is C15H20ClN3O4S. The number of carbonyl (C=O) groups is 1. The molecule has 2 aliphatic rings. The van der Waals surface area contributed by atoms with Gasteiger partial charge in [-0.1, -0.05) is 32.4 Å². The fourth-order valence-corrected chi connectivity index (χ4v) is 5.20. The van der Waals surface area contributed by atoms with Crippen molar-refractivity contribution in [3.8, 4) is 0 Å². The molecule has 1 N–H and O–H groups in total. The Hall–Kier alpha value is -1.41. The van der Waals surface area contributed by atoms with Crippen LogP contribution in [0.3, 0.4) is 0 Å². The Balaban J connectivity index is 2.09. The number of nitrogens with zero attached hydrogens (tertiary/aromatic N) is 3. The van der Waals surface area contributed by atoms with Crippen LogP contribution in [0.5, 0.6) is 0 Å². The standard InChI is InChI=1S/C15H20ClN3O4S/c1-14(2,3)15(8-6-19(13(20)21)7-9(8)15)10-5-11(16)18-12(17-10)24(4,22)23/h5,8-9H,6-7H2,1-4H3,(H,20,21)/t8-,9+,15?. The molecule has 132 valence electrons. The monoisotopic (exact) mass is 373 g/mol. The number of fused-ring (bicyclic) bond motifs is 1. The lowest BCUT2D eigenvalue weighted by atomic mass is 9.71. The maximum Gasteiger partial charge on any atom is 0.407 e. The average molecular weight is 374 g/mol. The van der Waals surface area contributed by atoms with Crippen molar-refractivity contribution in [3.05, 3.63) is 16.9 Å². The van der Waals surface area contributed by atoms with Crippen LogP contribution in [0.2, 0.25) is 5.15 Å². The van der Waals surface area contributed by atoms with Crippen LogP contribution in [0.4, 0.5) is 4.79 Å².